The molecule has 23 heavy (non-hydrogen) atoms. The van der Waals surface area contributed by atoms with E-state index in [4.69, 9.17) is 11.6 Å². The van der Waals surface area contributed by atoms with Crippen molar-refractivity contribution >= 4 is 23.4 Å². The molecule has 0 saturated carbocycles. The lowest BCUT2D eigenvalue weighted by Gasteiger charge is -2.45. The monoisotopic (exact) mass is 340 g/mol. The van der Waals surface area contributed by atoms with E-state index in [1.165, 1.54) is 0 Å². The zero-order valence-corrected chi connectivity index (χ0v) is 15.0. The first-order valence-corrected chi connectivity index (χ1v) is 8.48. The van der Waals surface area contributed by atoms with E-state index in [1.54, 1.807) is 16.0 Å². The second kappa shape index (κ2) is 6.91. The van der Waals surface area contributed by atoms with Crippen LogP contribution in [0.15, 0.2) is 12.3 Å². The van der Waals surface area contributed by atoms with Gasteiger partial charge in [-0.1, -0.05) is 6.92 Å². The minimum absolute atomic E-state index is 0.0278. The zero-order chi connectivity index (χ0) is 17.2. The molecule has 0 unspecified atom stereocenters. The lowest BCUT2D eigenvalue weighted by atomic mass is 10.1. The number of rotatable bonds is 5. The highest BCUT2D eigenvalue weighted by molar-refractivity contribution is 6.27. The summed E-state index contributed by atoms with van der Waals surface area (Å²) in [6.45, 7) is 9.69. The second-order valence-electron chi connectivity index (χ2n) is 6.87. The standard InChI is InChI=1S/C16H25ClN4O2/c1-5-14(22)19-9-13(10-19)20(15(23)8-17)11-12-6-7-18-21(12)16(2,3)4/h6-7,13H,5,8-11H2,1-4H3. The maximum absolute atomic E-state index is 12.2. The van der Waals surface area contributed by atoms with E-state index in [0.29, 0.717) is 26.1 Å². The summed E-state index contributed by atoms with van der Waals surface area (Å²) in [5, 5.41) is 4.37. The van der Waals surface area contributed by atoms with Crippen molar-refractivity contribution in [2.24, 2.45) is 0 Å². The number of nitrogens with zero attached hydrogens (tertiary/aromatic N) is 4. The molecular formula is C16H25ClN4O2. The molecule has 1 saturated heterocycles. The largest absolute Gasteiger partial charge is 0.338 e. The third-order valence-electron chi connectivity index (χ3n) is 4.08. The number of amides is 2. The Labute approximate surface area is 142 Å². The van der Waals surface area contributed by atoms with Crippen LogP contribution in [0.25, 0.3) is 0 Å². The summed E-state index contributed by atoms with van der Waals surface area (Å²) in [6.07, 6.45) is 2.24. The van der Waals surface area contributed by atoms with Crippen molar-refractivity contribution in [1.29, 1.82) is 0 Å². The van der Waals surface area contributed by atoms with E-state index in [0.717, 1.165) is 5.69 Å². The summed E-state index contributed by atoms with van der Waals surface area (Å²) in [6, 6.07) is 1.95. The Kier molecular flexibility index (Phi) is 5.34. The Bertz CT molecular complexity index is 573. The van der Waals surface area contributed by atoms with Crippen molar-refractivity contribution in [3.63, 3.8) is 0 Å². The molecule has 1 aromatic heterocycles. The van der Waals surface area contributed by atoms with E-state index < -0.39 is 0 Å². The summed E-state index contributed by atoms with van der Waals surface area (Å²) in [5.41, 5.74) is 0.814. The molecule has 128 valence electrons. The Morgan fingerprint density at radius 1 is 1.39 bits per heavy atom. The Hall–Kier alpha value is -1.56. The molecule has 0 atom stereocenters. The lowest BCUT2D eigenvalue weighted by molar-refractivity contribution is -0.145. The van der Waals surface area contributed by atoms with Crippen LogP contribution in [0.5, 0.6) is 0 Å². The van der Waals surface area contributed by atoms with Crippen molar-refractivity contribution in [3.8, 4) is 0 Å². The van der Waals surface area contributed by atoms with Gasteiger partial charge in [0.2, 0.25) is 11.8 Å². The highest BCUT2D eigenvalue weighted by atomic mass is 35.5. The minimum atomic E-state index is -0.154. The number of hydrogen-bond donors (Lipinski definition) is 0. The van der Waals surface area contributed by atoms with Crippen molar-refractivity contribution in [2.45, 2.75) is 52.2 Å². The number of carbonyl (C=O) groups excluding carboxylic acids is 2. The normalized spacial score (nSPS) is 15.4. The van der Waals surface area contributed by atoms with E-state index in [2.05, 4.69) is 25.9 Å². The van der Waals surface area contributed by atoms with Gasteiger partial charge in [-0.15, -0.1) is 11.6 Å². The fourth-order valence-corrected chi connectivity index (χ4v) is 2.96. The maximum atomic E-state index is 12.2. The van der Waals surface area contributed by atoms with Crippen LogP contribution < -0.4 is 0 Å². The predicted molar refractivity (Wildman–Crippen MR) is 89.2 cm³/mol. The summed E-state index contributed by atoms with van der Waals surface area (Å²) >= 11 is 5.77. The van der Waals surface area contributed by atoms with E-state index >= 15 is 0 Å². The molecule has 6 nitrogen and oxygen atoms in total. The first-order valence-electron chi connectivity index (χ1n) is 7.94. The van der Waals surface area contributed by atoms with E-state index in [-0.39, 0.29) is 29.3 Å². The first kappa shape index (κ1) is 17.8. The summed E-state index contributed by atoms with van der Waals surface area (Å²) in [5.74, 6) is -0.0387. The van der Waals surface area contributed by atoms with Gasteiger partial charge < -0.3 is 9.80 Å². The third kappa shape index (κ3) is 3.86. The molecular weight excluding hydrogens is 316 g/mol. The highest BCUT2D eigenvalue weighted by Gasteiger charge is 2.36. The Morgan fingerprint density at radius 2 is 2.04 bits per heavy atom. The molecule has 7 heteroatoms. The van der Waals surface area contributed by atoms with Gasteiger partial charge in [-0.2, -0.15) is 5.10 Å². The first-order chi connectivity index (χ1) is 10.8. The number of alkyl halides is 1. The fourth-order valence-electron chi connectivity index (χ4n) is 2.81. The smallest absolute Gasteiger partial charge is 0.238 e. The SMILES string of the molecule is CCC(=O)N1CC(N(Cc2ccnn2C(C)(C)C)C(=O)CCl)C1. The average molecular weight is 341 g/mol. The van der Waals surface area contributed by atoms with Gasteiger partial charge in [0.1, 0.15) is 5.88 Å². The van der Waals surface area contributed by atoms with Gasteiger partial charge in [0.25, 0.3) is 0 Å². The average Bonchev–Trinajstić information content (AvgIpc) is 2.91. The van der Waals surface area contributed by atoms with Gasteiger partial charge in [-0.3, -0.25) is 14.3 Å². The van der Waals surface area contributed by atoms with Crippen LogP contribution in [-0.4, -0.2) is 56.4 Å². The van der Waals surface area contributed by atoms with Gasteiger partial charge in [-0.05, 0) is 26.8 Å². The quantitative estimate of drug-likeness (QED) is 0.768. The van der Waals surface area contributed by atoms with Crippen LogP contribution in [-0.2, 0) is 21.7 Å². The second-order valence-corrected chi connectivity index (χ2v) is 7.13. The summed E-state index contributed by atoms with van der Waals surface area (Å²) < 4.78 is 1.93. The molecule has 0 radical (unpaired) electrons. The van der Waals surface area contributed by atoms with E-state index in [9.17, 15) is 9.59 Å². The highest BCUT2D eigenvalue weighted by Crippen LogP contribution is 2.22. The molecule has 2 rings (SSSR count). The van der Waals surface area contributed by atoms with Gasteiger partial charge in [-0.25, -0.2) is 0 Å². The molecule has 0 aromatic carbocycles. The third-order valence-corrected chi connectivity index (χ3v) is 4.31. The number of hydrogen-bond acceptors (Lipinski definition) is 3. The van der Waals surface area contributed by atoms with Gasteiger partial charge in [0.15, 0.2) is 0 Å². The van der Waals surface area contributed by atoms with Crippen LogP contribution >= 0.6 is 11.6 Å². The van der Waals surface area contributed by atoms with Crippen LogP contribution in [0.3, 0.4) is 0 Å². The predicted octanol–water partition coefficient (Wildman–Crippen LogP) is 1.83. The lowest BCUT2D eigenvalue weighted by Crippen LogP contribution is -2.62. The molecule has 1 aromatic rings. The summed E-state index contributed by atoms with van der Waals surface area (Å²) in [4.78, 5) is 27.5. The van der Waals surface area contributed by atoms with Gasteiger partial charge in [0.05, 0.1) is 23.8 Å². The molecule has 0 spiro atoms. The van der Waals surface area contributed by atoms with Crippen molar-refractivity contribution in [1.82, 2.24) is 19.6 Å². The fraction of sp³-hybridized carbons (Fsp3) is 0.688. The van der Waals surface area contributed by atoms with Crippen molar-refractivity contribution < 1.29 is 9.59 Å². The number of aromatic nitrogens is 2. The van der Waals surface area contributed by atoms with E-state index in [1.807, 2.05) is 17.7 Å². The number of carbonyl (C=O) groups is 2. The molecule has 0 N–H and O–H groups in total. The van der Waals surface area contributed by atoms with Crippen LogP contribution in [0.1, 0.15) is 39.8 Å². The van der Waals surface area contributed by atoms with Crippen LogP contribution in [0.4, 0.5) is 0 Å². The summed E-state index contributed by atoms with van der Waals surface area (Å²) in [7, 11) is 0. The number of halogens is 1. The Balaban J connectivity index is 2.11. The van der Waals surface area contributed by atoms with Crippen molar-refractivity contribution in [3.05, 3.63) is 18.0 Å². The molecule has 1 fully saturated rings. The maximum Gasteiger partial charge on any atom is 0.238 e. The Morgan fingerprint density at radius 3 is 2.57 bits per heavy atom. The van der Waals surface area contributed by atoms with Crippen molar-refractivity contribution in [2.75, 3.05) is 19.0 Å². The molecule has 0 bridgehead atoms. The zero-order valence-electron chi connectivity index (χ0n) is 14.3. The van der Waals surface area contributed by atoms with Crippen LogP contribution in [0.2, 0.25) is 0 Å². The topological polar surface area (TPSA) is 58.4 Å². The molecule has 2 heterocycles. The van der Waals surface area contributed by atoms with Crippen LogP contribution in [0, 0.1) is 0 Å². The van der Waals surface area contributed by atoms with Gasteiger partial charge >= 0.3 is 0 Å². The molecule has 2 amide bonds. The number of likely N-dealkylation sites (tertiary alicyclic amines) is 1. The molecule has 1 aliphatic heterocycles. The molecule has 1 aliphatic rings. The minimum Gasteiger partial charge on any atom is -0.338 e. The van der Waals surface area contributed by atoms with Gasteiger partial charge in [0, 0.05) is 25.7 Å². The molecule has 0 aliphatic carbocycles.